The van der Waals surface area contributed by atoms with Crippen LogP contribution in [0.25, 0.3) is 32.6 Å². The van der Waals surface area contributed by atoms with Gasteiger partial charge in [0.2, 0.25) is 0 Å². The van der Waals surface area contributed by atoms with E-state index in [9.17, 15) is 13.0 Å². The fourth-order valence-corrected chi connectivity index (χ4v) is 7.98. The molecule has 0 saturated heterocycles. The second kappa shape index (κ2) is 9.24. The molecule has 0 aliphatic carbocycles. The first-order valence-corrected chi connectivity index (χ1v) is 14.7. The van der Waals surface area contributed by atoms with Gasteiger partial charge in [-0.25, -0.2) is 0 Å². The van der Waals surface area contributed by atoms with E-state index in [1.165, 1.54) is 4.88 Å². The normalized spacial score (nSPS) is 12.1. The lowest BCUT2D eigenvalue weighted by Gasteiger charge is -2.11. The zero-order valence-electron chi connectivity index (χ0n) is 19.8. The summed E-state index contributed by atoms with van der Waals surface area (Å²) in [6, 6.07) is 11.3. The van der Waals surface area contributed by atoms with Gasteiger partial charge in [-0.2, -0.15) is 13.5 Å². The number of rotatable bonds is 5. The number of nitrogens with zero attached hydrogens (tertiary/aromatic N) is 3. The number of hydrogen-bond donors (Lipinski definition) is 1. The Hall–Kier alpha value is -2.27. The number of fused-ring (bicyclic) bond motifs is 1. The first kappa shape index (κ1) is 25.4. The monoisotopic (exact) mass is 577 g/mol. The number of aryl methyl sites for hydroxylation is 4. The highest BCUT2D eigenvalue weighted by molar-refractivity contribution is 7.88. The molecule has 5 rings (SSSR count). The van der Waals surface area contributed by atoms with E-state index >= 15 is 0 Å². The minimum Gasteiger partial charge on any atom is -0.281 e. The number of thiophene rings is 2. The first-order chi connectivity index (χ1) is 16.9. The highest BCUT2D eigenvalue weighted by atomic mass is 35.5. The zero-order chi connectivity index (χ0) is 25.9. The molecule has 4 aromatic heterocycles. The van der Waals surface area contributed by atoms with E-state index in [1.807, 2.05) is 24.6 Å². The summed E-state index contributed by atoms with van der Waals surface area (Å²) >= 11 is 15.9. The average molecular weight is 579 g/mol. The number of pyridine rings is 1. The third kappa shape index (κ3) is 4.60. The van der Waals surface area contributed by atoms with E-state index in [0.29, 0.717) is 32.6 Å². The predicted octanol–water partition coefficient (Wildman–Crippen LogP) is 7.72. The topological polar surface area (TPSA) is 85.1 Å². The maximum Gasteiger partial charge on any atom is 0.304 e. The zero-order valence-corrected chi connectivity index (χ0v) is 23.7. The molecule has 1 N–H and O–H groups in total. The molecule has 0 bridgehead atoms. The molecule has 0 spiro atoms. The predicted molar refractivity (Wildman–Crippen MR) is 148 cm³/mol. The second-order valence-corrected chi connectivity index (χ2v) is 13.6. The minimum atomic E-state index is -4.43. The molecule has 5 aromatic rings. The summed E-state index contributed by atoms with van der Waals surface area (Å²) in [5, 5.41) is 6.54. The van der Waals surface area contributed by atoms with E-state index in [2.05, 4.69) is 24.0 Å². The van der Waals surface area contributed by atoms with Crippen LogP contribution in [0.1, 0.15) is 26.7 Å². The third-order valence-electron chi connectivity index (χ3n) is 5.78. The van der Waals surface area contributed by atoms with E-state index in [1.54, 1.807) is 36.5 Å². The summed E-state index contributed by atoms with van der Waals surface area (Å²) < 4.78 is 35.3. The van der Waals surface area contributed by atoms with Crippen molar-refractivity contribution in [3.05, 3.63) is 73.1 Å². The molecule has 0 amide bonds. The van der Waals surface area contributed by atoms with Crippen molar-refractivity contribution in [2.24, 2.45) is 0 Å². The van der Waals surface area contributed by atoms with Crippen LogP contribution in [0.2, 0.25) is 10.0 Å². The SMILES string of the molecule is Cc1cc2c(c(C)n1)c(-c1ccc(C)s1)nn2Cc1cc(Cl)c(-c2cc(C)sc2S(=O)(=O)O)c(Cl)c1. The van der Waals surface area contributed by atoms with E-state index in [-0.39, 0.29) is 4.21 Å². The molecule has 4 heterocycles. The molecular formula is C25H21Cl2N3O3S3. The first-order valence-electron chi connectivity index (χ1n) is 10.9. The van der Waals surface area contributed by atoms with Gasteiger partial charge in [0, 0.05) is 32.3 Å². The van der Waals surface area contributed by atoms with Gasteiger partial charge in [-0.1, -0.05) is 23.2 Å². The molecule has 1 aromatic carbocycles. The molecule has 0 unspecified atom stereocenters. The van der Waals surface area contributed by atoms with E-state index in [0.717, 1.165) is 49.8 Å². The highest BCUT2D eigenvalue weighted by Gasteiger charge is 2.24. The molecular weight excluding hydrogens is 557 g/mol. The van der Waals surface area contributed by atoms with Crippen LogP contribution in [-0.4, -0.2) is 27.7 Å². The largest absolute Gasteiger partial charge is 0.304 e. The maximum absolute atomic E-state index is 11.9. The number of aromatic nitrogens is 3. The summed E-state index contributed by atoms with van der Waals surface area (Å²) in [5.41, 5.74) is 5.11. The molecule has 0 atom stereocenters. The Balaban J connectivity index is 1.62. The van der Waals surface area contributed by atoms with Gasteiger partial charge in [0.1, 0.15) is 5.69 Å². The van der Waals surface area contributed by atoms with Crippen molar-refractivity contribution in [2.75, 3.05) is 0 Å². The summed E-state index contributed by atoms with van der Waals surface area (Å²) in [4.78, 5) is 7.65. The fourth-order valence-electron chi connectivity index (χ4n) is 4.39. The van der Waals surface area contributed by atoms with Crippen LogP contribution in [-0.2, 0) is 16.7 Å². The van der Waals surface area contributed by atoms with Gasteiger partial charge in [0.15, 0.2) is 4.21 Å². The molecule has 0 saturated carbocycles. The van der Waals surface area contributed by atoms with Crippen LogP contribution in [0.3, 0.4) is 0 Å². The van der Waals surface area contributed by atoms with Crippen LogP contribution in [0.5, 0.6) is 0 Å². The summed E-state index contributed by atoms with van der Waals surface area (Å²) in [6.45, 7) is 8.17. The van der Waals surface area contributed by atoms with Gasteiger partial charge in [-0.05, 0) is 69.7 Å². The Bertz CT molecular complexity index is 1740. The van der Waals surface area contributed by atoms with Gasteiger partial charge >= 0.3 is 10.1 Å². The van der Waals surface area contributed by atoms with Crippen molar-refractivity contribution in [3.63, 3.8) is 0 Å². The van der Waals surface area contributed by atoms with Crippen LogP contribution < -0.4 is 0 Å². The fraction of sp³-hybridized carbons (Fsp3) is 0.200. The van der Waals surface area contributed by atoms with Crippen molar-refractivity contribution >= 4 is 66.9 Å². The number of halogens is 2. The van der Waals surface area contributed by atoms with Crippen LogP contribution in [0, 0.1) is 27.7 Å². The Morgan fingerprint density at radius 3 is 2.28 bits per heavy atom. The molecule has 186 valence electrons. The molecule has 0 aliphatic rings. The Morgan fingerprint density at radius 2 is 1.67 bits per heavy atom. The van der Waals surface area contributed by atoms with E-state index < -0.39 is 10.1 Å². The molecule has 0 radical (unpaired) electrons. The van der Waals surface area contributed by atoms with Crippen molar-refractivity contribution in [1.82, 2.24) is 14.8 Å². The maximum atomic E-state index is 11.9. The number of benzene rings is 1. The summed E-state index contributed by atoms with van der Waals surface area (Å²) in [5.74, 6) is 0. The van der Waals surface area contributed by atoms with Gasteiger partial charge in [0.05, 0.1) is 32.4 Å². The Morgan fingerprint density at radius 1 is 0.972 bits per heavy atom. The van der Waals surface area contributed by atoms with Crippen molar-refractivity contribution in [2.45, 2.75) is 38.4 Å². The third-order valence-corrected chi connectivity index (χ3v) is 9.80. The molecule has 0 fully saturated rings. The lowest BCUT2D eigenvalue weighted by atomic mass is 10.1. The smallest absolute Gasteiger partial charge is 0.281 e. The Kier molecular flexibility index (Phi) is 6.51. The molecule has 36 heavy (non-hydrogen) atoms. The van der Waals surface area contributed by atoms with Crippen LogP contribution in [0.4, 0.5) is 0 Å². The minimum absolute atomic E-state index is 0.177. The number of hydrogen-bond acceptors (Lipinski definition) is 6. The van der Waals surface area contributed by atoms with Crippen LogP contribution in [0.15, 0.2) is 40.6 Å². The second-order valence-electron chi connectivity index (χ2n) is 8.63. The quantitative estimate of drug-likeness (QED) is 0.216. The van der Waals surface area contributed by atoms with E-state index in [4.69, 9.17) is 28.3 Å². The van der Waals surface area contributed by atoms with Gasteiger partial charge in [-0.15, -0.1) is 22.7 Å². The van der Waals surface area contributed by atoms with Crippen molar-refractivity contribution < 1.29 is 13.0 Å². The summed E-state index contributed by atoms with van der Waals surface area (Å²) in [7, 11) is -4.43. The molecule has 6 nitrogen and oxygen atoms in total. The lowest BCUT2D eigenvalue weighted by molar-refractivity contribution is 0.486. The van der Waals surface area contributed by atoms with Crippen molar-refractivity contribution in [3.8, 4) is 21.7 Å². The lowest BCUT2D eigenvalue weighted by Crippen LogP contribution is -2.03. The summed E-state index contributed by atoms with van der Waals surface area (Å²) in [6.07, 6.45) is 0. The van der Waals surface area contributed by atoms with Crippen LogP contribution >= 0.6 is 45.9 Å². The Labute approximate surface area is 226 Å². The van der Waals surface area contributed by atoms with Gasteiger partial charge in [0.25, 0.3) is 0 Å². The molecule has 11 heteroatoms. The van der Waals surface area contributed by atoms with Gasteiger partial charge < -0.3 is 0 Å². The van der Waals surface area contributed by atoms with Gasteiger partial charge in [-0.3, -0.25) is 14.2 Å². The highest BCUT2D eigenvalue weighted by Crippen LogP contribution is 2.43. The average Bonchev–Trinajstić information content (AvgIpc) is 3.45. The van der Waals surface area contributed by atoms with Crippen molar-refractivity contribution in [1.29, 1.82) is 0 Å². The standard InChI is InChI=1S/C25H21Cl2N3O3S3/c1-12-7-20-22(15(4)28-12)24(21-6-5-13(2)34-21)29-30(20)11-16-9-18(26)23(19(27)10-16)17-8-14(3)35-25(17)36(31,32)33/h5-10H,11H2,1-4H3,(H,31,32,33). The molecule has 0 aliphatic heterocycles.